The average Bonchev–Trinajstić information content (AvgIpc) is 2.73. The predicted molar refractivity (Wildman–Crippen MR) is 59.3 cm³/mol. The molecule has 1 aromatic rings. The number of nitrogens with zero attached hydrogens (tertiary/aromatic N) is 3. The predicted octanol–water partition coefficient (Wildman–Crippen LogP) is 2.09. The zero-order valence-corrected chi connectivity index (χ0v) is 9.92. The molecule has 0 atom stereocenters. The minimum absolute atomic E-state index is 0.348. The SMILES string of the molecule is CC1(C)CCN(c2nnc(CCCl)o2)C1. The van der Waals surface area contributed by atoms with E-state index in [-0.39, 0.29) is 0 Å². The molecule has 4 nitrogen and oxygen atoms in total. The minimum atomic E-state index is 0.348. The van der Waals surface area contributed by atoms with Crippen molar-refractivity contribution in [1.29, 1.82) is 0 Å². The highest BCUT2D eigenvalue weighted by atomic mass is 35.5. The smallest absolute Gasteiger partial charge is 0.318 e. The summed E-state index contributed by atoms with van der Waals surface area (Å²) in [5.74, 6) is 1.15. The van der Waals surface area contributed by atoms with Crippen LogP contribution in [0.1, 0.15) is 26.2 Å². The van der Waals surface area contributed by atoms with Gasteiger partial charge >= 0.3 is 6.01 Å². The molecule has 0 saturated carbocycles. The van der Waals surface area contributed by atoms with Gasteiger partial charge in [-0.3, -0.25) is 0 Å². The lowest BCUT2D eigenvalue weighted by Crippen LogP contribution is -2.22. The third-order valence-electron chi connectivity index (χ3n) is 2.71. The molecule has 2 heterocycles. The highest BCUT2D eigenvalue weighted by Crippen LogP contribution is 2.31. The number of hydrogen-bond acceptors (Lipinski definition) is 4. The fourth-order valence-corrected chi connectivity index (χ4v) is 1.99. The first-order valence-electron chi connectivity index (χ1n) is 5.24. The summed E-state index contributed by atoms with van der Waals surface area (Å²) in [6.07, 6.45) is 1.81. The molecule has 1 aromatic heterocycles. The summed E-state index contributed by atoms with van der Waals surface area (Å²) in [4.78, 5) is 2.14. The monoisotopic (exact) mass is 229 g/mol. The van der Waals surface area contributed by atoms with Crippen molar-refractivity contribution in [3.05, 3.63) is 5.89 Å². The van der Waals surface area contributed by atoms with Crippen LogP contribution in [-0.2, 0) is 6.42 Å². The summed E-state index contributed by atoms with van der Waals surface area (Å²) < 4.78 is 5.52. The number of anilines is 1. The second-order valence-corrected chi connectivity index (χ2v) is 5.13. The molecule has 0 unspecified atom stereocenters. The Bertz CT molecular complexity index is 337. The first kappa shape index (κ1) is 10.7. The molecule has 0 bridgehead atoms. The standard InChI is InChI=1S/C10H16ClN3O/c1-10(2)4-6-14(7-10)9-13-12-8(15-9)3-5-11/h3-7H2,1-2H3. The Kier molecular flexibility index (Phi) is 2.87. The maximum absolute atomic E-state index is 5.61. The van der Waals surface area contributed by atoms with E-state index < -0.39 is 0 Å². The van der Waals surface area contributed by atoms with Crippen molar-refractivity contribution >= 4 is 17.6 Å². The Morgan fingerprint density at radius 3 is 2.87 bits per heavy atom. The van der Waals surface area contributed by atoms with Crippen LogP contribution >= 0.6 is 11.6 Å². The van der Waals surface area contributed by atoms with Gasteiger partial charge in [-0.05, 0) is 11.8 Å². The van der Waals surface area contributed by atoms with Crippen molar-refractivity contribution < 1.29 is 4.42 Å². The van der Waals surface area contributed by atoms with Crippen LogP contribution in [0, 0.1) is 5.41 Å². The van der Waals surface area contributed by atoms with Gasteiger partial charge in [-0.1, -0.05) is 18.9 Å². The zero-order valence-electron chi connectivity index (χ0n) is 9.16. The van der Waals surface area contributed by atoms with Crippen molar-refractivity contribution in [2.75, 3.05) is 23.9 Å². The van der Waals surface area contributed by atoms with Gasteiger partial charge in [0.15, 0.2) is 0 Å². The lowest BCUT2D eigenvalue weighted by molar-refractivity contribution is 0.413. The fourth-order valence-electron chi connectivity index (χ4n) is 1.83. The number of aromatic nitrogens is 2. The Morgan fingerprint density at radius 2 is 2.27 bits per heavy atom. The van der Waals surface area contributed by atoms with Gasteiger partial charge in [-0.2, -0.15) is 0 Å². The molecule has 0 amide bonds. The topological polar surface area (TPSA) is 42.2 Å². The van der Waals surface area contributed by atoms with Crippen molar-refractivity contribution in [2.45, 2.75) is 26.7 Å². The van der Waals surface area contributed by atoms with Crippen LogP contribution in [0.3, 0.4) is 0 Å². The minimum Gasteiger partial charge on any atom is -0.408 e. The molecule has 15 heavy (non-hydrogen) atoms. The van der Waals surface area contributed by atoms with Crippen molar-refractivity contribution in [3.63, 3.8) is 0 Å². The molecule has 5 heteroatoms. The molecule has 2 rings (SSSR count). The second kappa shape index (κ2) is 4.00. The molecule has 1 saturated heterocycles. The fraction of sp³-hybridized carbons (Fsp3) is 0.800. The van der Waals surface area contributed by atoms with Gasteiger partial charge in [-0.15, -0.1) is 16.7 Å². The van der Waals surface area contributed by atoms with E-state index >= 15 is 0 Å². The van der Waals surface area contributed by atoms with E-state index in [9.17, 15) is 0 Å². The second-order valence-electron chi connectivity index (χ2n) is 4.75. The maximum atomic E-state index is 5.61. The van der Waals surface area contributed by atoms with Gasteiger partial charge in [0.1, 0.15) is 0 Å². The first-order valence-corrected chi connectivity index (χ1v) is 5.77. The van der Waals surface area contributed by atoms with Crippen LogP contribution < -0.4 is 4.90 Å². The number of aryl methyl sites for hydroxylation is 1. The van der Waals surface area contributed by atoms with E-state index in [0.29, 0.717) is 29.6 Å². The highest BCUT2D eigenvalue weighted by molar-refractivity contribution is 6.17. The molecule has 0 spiro atoms. The Hall–Kier alpha value is -0.770. The van der Waals surface area contributed by atoms with E-state index in [2.05, 4.69) is 28.9 Å². The Morgan fingerprint density at radius 1 is 1.47 bits per heavy atom. The summed E-state index contributed by atoms with van der Waals surface area (Å²) in [5, 5.41) is 7.99. The van der Waals surface area contributed by atoms with E-state index in [1.165, 1.54) is 6.42 Å². The van der Waals surface area contributed by atoms with Crippen molar-refractivity contribution in [2.24, 2.45) is 5.41 Å². The summed E-state index contributed by atoms with van der Waals surface area (Å²) in [6.45, 7) is 6.48. The van der Waals surface area contributed by atoms with Crippen molar-refractivity contribution in [1.82, 2.24) is 10.2 Å². The molecule has 0 aromatic carbocycles. The molecular weight excluding hydrogens is 214 g/mol. The molecule has 0 radical (unpaired) electrons. The Balaban J connectivity index is 2.04. The average molecular weight is 230 g/mol. The van der Waals surface area contributed by atoms with Crippen LogP contribution in [-0.4, -0.2) is 29.2 Å². The van der Waals surface area contributed by atoms with E-state index in [1.807, 2.05) is 0 Å². The van der Waals surface area contributed by atoms with Crippen LogP contribution in [0.15, 0.2) is 4.42 Å². The third-order valence-corrected chi connectivity index (χ3v) is 2.90. The van der Waals surface area contributed by atoms with Gasteiger partial charge in [0.25, 0.3) is 0 Å². The van der Waals surface area contributed by atoms with Crippen LogP contribution in [0.2, 0.25) is 0 Å². The summed E-state index contributed by atoms with van der Waals surface area (Å²) in [6, 6.07) is 0.640. The van der Waals surface area contributed by atoms with Crippen molar-refractivity contribution in [3.8, 4) is 0 Å². The highest BCUT2D eigenvalue weighted by Gasteiger charge is 2.31. The summed E-state index contributed by atoms with van der Waals surface area (Å²) in [7, 11) is 0. The number of hydrogen-bond donors (Lipinski definition) is 0. The largest absolute Gasteiger partial charge is 0.408 e. The van der Waals surface area contributed by atoms with Crippen LogP contribution in [0.25, 0.3) is 0 Å². The van der Waals surface area contributed by atoms with E-state index in [0.717, 1.165) is 13.1 Å². The Labute approximate surface area is 94.6 Å². The van der Waals surface area contributed by atoms with Gasteiger partial charge < -0.3 is 9.32 Å². The quantitative estimate of drug-likeness (QED) is 0.745. The zero-order chi connectivity index (χ0) is 10.9. The summed E-state index contributed by atoms with van der Waals surface area (Å²) >= 11 is 5.61. The first-order chi connectivity index (χ1) is 7.11. The molecule has 0 N–H and O–H groups in total. The molecule has 1 aliphatic rings. The van der Waals surface area contributed by atoms with Crippen LogP contribution in [0.4, 0.5) is 6.01 Å². The normalized spacial score (nSPS) is 19.8. The maximum Gasteiger partial charge on any atom is 0.318 e. The van der Waals surface area contributed by atoms with Crippen LogP contribution in [0.5, 0.6) is 0 Å². The lowest BCUT2D eigenvalue weighted by Gasteiger charge is -2.17. The van der Waals surface area contributed by atoms with E-state index in [1.54, 1.807) is 0 Å². The molecule has 84 valence electrons. The molecular formula is C10H16ClN3O. The number of rotatable bonds is 3. The van der Waals surface area contributed by atoms with Gasteiger partial charge in [0.2, 0.25) is 5.89 Å². The molecule has 1 fully saturated rings. The number of halogens is 1. The van der Waals surface area contributed by atoms with Gasteiger partial charge in [0.05, 0.1) is 0 Å². The van der Waals surface area contributed by atoms with Gasteiger partial charge in [-0.25, -0.2) is 0 Å². The molecule has 1 aliphatic heterocycles. The number of alkyl halides is 1. The molecule has 0 aliphatic carbocycles. The van der Waals surface area contributed by atoms with E-state index in [4.69, 9.17) is 16.0 Å². The summed E-state index contributed by atoms with van der Waals surface area (Å²) in [5.41, 5.74) is 0.348. The lowest BCUT2D eigenvalue weighted by atomic mass is 9.93. The third kappa shape index (κ3) is 2.43. The van der Waals surface area contributed by atoms with Gasteiger partial charge in [0, 0.05) is 25.4 Å².